The maximum absolute atomic E-state index is 13.1. The van der Waals surface area contributed by atoms with E-state index in [2.05, 4.69) is 88.2 Å². The van der Waals surface area contributed by atoms with Crippen LogP contribution in [-0.2, 0) is 9.59 Å². The molecule has 1 saturated heterocycles. The fourth-order valence-electron chi connectivity index (χ4n) is 5.31. The lowest BCUT2D eigenvalue weighted by Crippen LogP contribution is -2.54. The fraction of sp³-hybridized carbons (Fsp3) is 0.533. The molecule has 0 aromatic heterocycles. The van der Waals surface area contributed by atoms with Crippen LogP contribution in [0.2, 0.25) is 0 Å². The van der Waals surface area contributed by atoms with Crippen molar-refractivity contribution in [2.24, 2.45) is 11.8 Å². The number of fused-ring (bicyclic) bond motifs is 1. The van der Waals surface area contributed by atoms with Crippen molar-refractivity contribution in [2.75, 3.05) is 20.1 Å². The Balaban J connectivity index is 1.79. The Hall–Kier alpha value is -2.66. The van der Waals surface area contributed by atoms with Gasteiger partial charge in [-0.2, -0.15) is 0 Å². The summed E-state index contributed by atoms with van der Waals surface area (Å²) in [4.78, 5) is 29.4. The van der Waals surface area contributed by atoms with Crippen molar-refractivity contribution < 1.29 is 9.59 Å². The molecule has 3 aliphatic rings. The Labute approximate surface area is 212 Å². The van der Waals surface area contributed by atoms with E-state index in [0.29, 0.717) is 13.1 Å². The summed E-state index contributed by atoms with van der Waals surface area (Å²) in [5.74, 6) is -0.340. The molecule has 1 fully saturated rings. The number of carbonyl (C=O) groups is 2. The van der Waals surface area contributed by atoms with Crippen LogP contribution in [0.4, 0.5) is 0 Å². The Morgan fingerprint density at radius 3 is 2.63 bits per heavy atom. The van der Waals surface area contributed by atoms with Crippen molar-refractivity contribution >= 4 is 11.8 Å². The lowest BCUT2D eigenvalue weighted by Gasteiger charge is -2.40. The molecule has 1 aliphatic carbocycles. The van der Waals surface area contributed by atoms with Gasteiger partial charge in [0.1, 0.15) is 6.04 Å². The van der Waals surface area contributed by atoms with Gasteiger partial charge in [-0.3, -0.25) is 19.4 Å². The summed E-state index contributed by atoms with van der Waals surface area (Å²) in [5.41, 5.74) is 6.37. The molecule has 0 radical (unpaired) electrons. The van der Waals surface area contributed by atoms with Gasteiger partial charge in [0.05, 0.1) is 5.92 Å². The number of rotatable bonds is 9. The molecular weight excluding hydrogens is 434 g/mol. The van der Waals surface area contributed by atoms with Gasteiger partial charge in [0.15, 0.2) is 0 Å². The standard InChI is InChI=1S/C30H43N3O2/c1-20(2)10-8-11-21(3)18-24(6)27-15-14-25-28(30(35)32(7)29(25)34)33(27)17-16-31-26-19-22(4)12-9-13-23(26)5/h9-10,13-15,18-19,24-25,27-28,31H,8,11-12,16-17H2,1-7H3/b21-18+. The van der Waals surface area contributed by atoms with Gasteiger partial charge in [0, 0.05) is 31.9 Å². The molecule has 0 aromatic rings. The number of hydrogen-bond donors (Lipinski definition) is 1. The van der Waals surface area contributed by atoms with Crippen LogP contribution in [0.3, 0.4) is 0 Å². The van der Waals surface area contributed by atoms with Gasteiger partial charge in [-0.25, -0.2) is 0 Å². The highest BCUT2D eigenvalue weighted by Crippen LogP contribution is 2.33. The van der Waals surface area contributed by atoms with Crippen molar-refractivity contribution in [2.45, 2.75) is 72.9 Å². The summed E-state index contributed by atoms with van der Waals surface area (Å²) >= 11 is 0. The van der Waals surface area contributed by atoms with E-state index >= 15 is 0 Å². The van der Waals surface area contributed by atoms with Crippen LogP contribution in [0.25, 0.3) is 0 Å². The zero-order valence-electron chi connectivity index (χ0n) is 22.6. The van der Waals surface area contributed by atoms with Gasteiger partial charge in [0.25, 0.3) is 0 Å². The molecule has 1 N–H and O–H groups in total. The van der Waals surface area contributed by atoms with Gasteiger partial charge in [-0.1, -0.05) is 60.1 Å². The van der Waals surface area contributed by atoms with Gasteiger partial charge in [0.2, 0.25) is 11.8 Å². The van der Waals surface area contributed by atoms with Crippen LogP contribution < -0.4 is 5.32 Å². The van der Waals surface area contributed by atoms with E-state index in [1.54, 1.807) is 7.05 Å². The number of likely N-dealkylation sites (tertiary alicyclic amines) is 1. The predicted molar refractivity (Wildman–Crippen MR) is 144 cm³/mol. The average molecular weight is 478 g/mol. The van der Waals surface area contributed by atoms with Crippen LogP contribution >= 0.6 is 0 Å². The molecule has 4 atom stereocenters. The molecule has 0 bridgehead atoms. The smallest absolute Gasteiger partial charge is 0.247 e. The molecule has 190 valence electrons. The first-order chi connectivity index (χ1) is 16.6. The third kappa shape index (κ3) is 6.52. The molecule has 5 heteroatoms. The highest BCUT2D eigenvalue weighted by molar-refractivity contribution is 6.08. The molecule has 0 aromatic carbocycles. The van der Waals surface area contributed by atoms with Crippen molar-refractivity contribution in [3.63, 3.8) is 0 Å². The minimum atomic E-state index is -0.424. The summed E-state index contributed by atoms with van der Waals surface area (Å²) < 4.78 is 0. The lowest BCUT2D eigenvalue weighted by atomic mass is 9.87. The minimum absolute atomic E-state index is 0.0705. The first kappa shape index (κ1) is 26.9. The van der Waals surface area contributed by atoms with Gasteiger partial charge in [-0.15, -0.1) is 0 Å². The number of allylic oxidation sites excluding steroid dienone is 8. The monoisotopic (exact) mass is 477 g/mol. The van der Waals surface area contributed by atoms with E-state index in [1.165, 1.54) is 27.2 Å². The Morgan fingerprint density at radius 1 is 1.17 bits per heavy atom. The van der Waals surface area contributed by atoms with Gasteiger partial charge in [-0.05, 0) is 71.4 Å². The van der Waals surface area contributed by atoms with Crippen LogP contribution in [0.15, 0.2) is 70.5 Å². The van der Waals surface area contributed by atoms with Crippen LogP contribution in [0.1, 0.15) is 60.8 Å². The second-order valence-electron chi connectivity index (χ2n) is 10.6. The van der Waals surface area contributed by atoms with E-state index in [1.807, 2.05) is 6.08 Å². The molecule has 3 rings (SSSR count). The second-order valence-corrected chi connectivity index (χ2v) is 10.6. The lowest BCUT2D eigenvalue weighted by molar-refractivity contribution is -0.138. The van der Waals surface area contributed by atoms with Crippen LogP contribution in [0.5, 0.6) is 0 Å². The molecule has 35 heavy (non-hydrogen) atoms. The van der Waals surface area contributed by atoms with Crippen molar-refractivity contribution in [3.8, 4) is 0 Å². The maximum Gasteiger partial charge on any atom is 0.247 e. The van der Waals surface area contributed by atoms with E-state index in [4.69, 9.17) is 0 Å². The Morgan fingerprint density at radius 2 is 1.91 bits per heavy atom. The Kier molecular flexibility index (Phi) is 9.12. The molecule has 5 nitrogen and oxygen atoms in total. The van der Waals surface area contributed by atoms with E-state index in [0.717, 1.165) is 25.0 Å². The zero-order valence-corrected chi connectivity index (χ0v) is 22.6. The van der Waals surface area contributed by atoms with Crippen LogP contribution in [-0.4, -0.2) is 53.8 Å². The number of amides is 2. The van der Waals surface area contributed by atoms with Crippen molar-refractivity contribution in [3.05, 3.63) is 70.5 Å². The summed E-state index contributed by atoms with van der Waals surface area (Å²) in [6, 6.07) is -0.353. The summed E-state index contributed by atoms with van der Waals surface area (Å²) in [7, 11) is 1.61. The van der Waals surface area contributed by atoms with Crippen LogP contribution in [0, 0.1) is 11.8 Å². The van der Waals surface area contributed by atoms with E-state index < -0.39 is 6.04 Å². The fourth-order valence-corrected chi connectivity index (χ4v) is 5.31. The van der Waals surface area contributed by atoms with E-state index in [-0.39, 0.29) is 29.7 Å². The highest BCUT2D eigenvalue weighted by atomic mass is 16.2. The van der Waals surface area contributed by atoms with E-state index in [9.17, 15) is 9.59 Å². The first-order valence-corrected chi connectivity index (χ1v) is 12.9. The van der Waals surface area contributed by atoms with Gasteiger partial charge < -0.3 is 5.32 Å². The van der Waals surface area contributed by atoms with Crippen molar-refractivity contribution in [1.29, 1.82) is 0 Å². The third-order valence-corrected chi connectivity index (χ3v) is 7.28. The largest absolute Gasteiger partial charge is 0.384 e. The highest BCUT2D eigenvalue weighted by Gasteiger charge is 2.51. The average Bonchev–Trinajstić information content (AvgIpc) is 2.91. The number of carbonyl (C=O) groups excluding carboxylic acids is 2. The zero-order chi connectivity index (χ0) is 25.7. The van der Waals surface area contributed by atoms with Gasteiger partial charge >= 0.3 is 0 Å². The molecule has 2 heterocycles. The normalized spacial score (nSPS) is 26.0. The number of nitrogens with one attached hydrogen (secondary N) is 1. The summed E-state index contributed by atoms with van der Waals surface area (Å²) in [5, 5.41) is 3.60. The first-order valence-electron chi connectivity index (χ1n) is 12.9. The molecule has 0 saturated carbocycles. The molecule has 4 unspecified atom stereocenters. The number of imide groups is 1. The second kappa shape index (κ2) is 11.9. The molecule has 2 amide bonds. The number of nitrogens with zero attached hydrogens (tertiary/aromatic N) is 2. The SMILES string of the molecule is CC(C)=CCC/C(C)=C/C(C)C1C=CC2C(=O)N(C)C(=O)C2N1CCNC1=C(C)C=CCC(C)=C1. The molecule has 0 spiro atoms. The topological polar surface area (TPSA) is 52.7 Å². The number of likely N-dealkylation sites (N-methyl/N-ethyl adjacent to an activating group) is 1. The maximum atomic E-state index is 13.1. The number of hydrogen-bond acceptors (Lipinski definition) is 4. The quantitative estimate of drug-likeness (QED) is 0.361. The minimum Gasteiger partial charge on any atom is -0.384 e. The van der Waals surface area contributed by atoms with Crippen molar-refractivity contribution in [1.82, 2.24) is 15.1 Å². The Bertz CT molecular complexity index is 1010. The summed E-state index contributed by atoms with van der Waals surface area (Å²) in [6.45, 7) is 14.3. The predicted octanol–water partition coefficient (Wildman–Crippen LogP) is 5.31. The molecular formula is C30H43N3O2. The summed E-state index contributed by atoms with van der Waals surface area (Å²) in [6.07, 6.45) is 18.4. The molecule has 2 aliphatic heterocycles. The third-order valence-electron chi connectivity index (χ3n) is 7.28.